The third-order valence-electron chi connectivity index (χ3n) is 13.9. The van der Waals surface area contributed by atoms with Gasteiger partial charge in [-0.3, -0.25) is 0 Å². The van der Waals surface area contributed by atoms with Gasteiger partial charge in [0.25, 0.3) is 0 Å². The van der Waals surface area contributed by atoms with E-state index in [1.807, 2.05) is 66.7 Å². The summed E-state index contributed by atoms with van der Waals surface area (Å²) in [7, 11) is 0. The minimum absolute atomic E-state index is 0.429. The monoisotopic (exact) mass is 930 g/mol. The van der Waals surface area contributed by atoms with Crippen LogP contribution in [0.4, 0.5) is 0 Å². The Labute approximate surface area is 412 Å². The number of rotatable bonds is 12. The van der Waals surface area contributed by atoms with Crippen LogP contribution in [0.5, 0.6) is 0 Å². The van der Waals surface area contributed by atoms with Crippen molar-refractivity contribution in [2.75, 3.05) is 0 Å². The molecular formula is C64H60Cl2O2. The van der Waals surface area contributed by atoms with Gasteiger partial charge in [-0.2, -0.15) is 0 Å². The Hall–Kier alpha value is -6.00. The summed E-state index contributed by atoms with van der Waals surface area (Å²) in [5, 5.41) is 31.1. The highest BCUT2D eigenvalue weighted by molar-refractivity contribution is 6.39. The molecule has 0 saturated heterocycles. The van der Waals surface area contributed by atoms with Crippen LogP contribution in [0.25, 0.3) is 43.8 Å². The molecule has 68 heavy (non-hydrogen) atoms. The summed E-state index contributed by atoms with van der Waals surface area (Å²) in [5.41, 5.74) is 11.2. The van der Waals surface area contributed by atoms with Gasteiger partial charge in [-0.15, -0.1) is 0 Å². The second-order valence-electron chi connectivity index (χ2n) is 18.4. The second kappa shape index (κ2) is 20.3. The van der Waals surface area contributed by atoms with E-state index in [-0.39, 0.29) is 0 Å². The normalized spacial score (nSPS) is 16.2. The molecule has 0 saturated carbocycles. The van der Waals surface area contributed by atoms with E-state index in [4.69, 9.17) is 23.2 Å². The number of hydrogen-bond donors (Lipinski definition) is 2. The van der Waals surface area contributed by atoms with Crippen LogP contribution in [-0.2, 0) is 36.9 Å². The van der Waals surface area contributed by atoms with Gasteiger partial charge in [-0.1, -0.05) is 246 Å². The molecule has 0 spiro atoms. The molecule has 0 bridgehead atoms. The molecule has 9 aromatic carbocycles. The van der Waals surface area contributed by atoms with Gasteiger partial charge in [0, 0.05) is 26.6 Å². The maximum atomic E-state index is 12.5. The van der Waals surface area contributed by atoms with E-state index >= 15 is 0 Å². The van der Waals surface area contributed by atoms with Crippen LogP contribution in [0.15, 0.2) is 182 Å². The van der Waals surface area contributed by atoms with E-state index in [1.54, 1.807) is 6.07 Å². The largest absolute Gasteiger partial charge is 0.376 e. The van der Waals surface area contributed by atoms with Crippen LogP contribution in [0.3, 0.4) is 0 Å². The van der Waals surface area contributed by atoms with Gasteiger partial charge >= 0.3 is 0 Å². The van der Waals surface area contributed by atoms with Crippen LogP contribution in [0.1, 0.15) is 109 Å². The van der Waals surface area contributed by atoms with Gasteiger partial charge in [-0.05, 0) is 121 Å². The molecule has 1 aliphatic carbocycles. The van der Waals surface area contributed by atoms with E-state index in [0.717, 1.165) is 72.9 Å². The molecule has 2 nitrogen and oxygen atoms in total. The first-order chi connectivity index (χ1) is 33.1. The van der Waals surface area contributed by atoms with Crippen LogP contribution < -0.4 is 0 Å². The minimum atomic E-state index is -1.50. The highest BCUT2D eigenvalue weighted by Crippen LogP contribution is 2.55. The summed E-state index contributed by atoms with van der Waals surface area (Å²) < 4.78 is 0. The fraction of sp³-hybridized carbons (Fsp3) is 0.219. The van der Waals surface area contributed by atoms with Crippen LogP contribution >= 0.6 is 23.2 Å². The zero-order valence-electron chi connectivity index (χ0n) is 39.6. The summed E-state index contributed by atoms with van der Waals surface area (Å²) in [5.74, 6) is 0. The van der Waals surface area contributed by atoms with Gasteiger partial charge in [0.15, 0.2) is 0 Å². The van der Waals surface area contributed by atoms with Gasteiger partial charge in [0.1, 0.15) is 11.2 Å². The van der Waals surface area contributed by atoms with E-state index in [2.05, 4.69) is 137 Å². The van der Waals surface area contributed by atoms with Crippen molar-refractivity contribution < 1.29 is 10.2 Å². The third kappa shape index (κ3) is 8.58. The predicted octanol–water partition coefficient (Wildman–Crippen LogP) is 17.0. The molecular weight excluding hydrogens is 872 g/mol. The zero-order chi connectivity index (χ0) is 47.4. The van der Waals surface area contributed by atoms with E-state index in [9.17, 15) is 10.2 Å². The molecule has 342 valence electrons. The van der Waals surface area contributed by atoms with Gasteiger partial charge < -0.3 is 10.2 Å². The average Bonchev–Trinajstić information content (AvgIpc) is 3.37. The number of hydrogen-bond acceptors (Lipinski definition) is 2. The lowest BCUT2D eigenvalue weighted by Crippen LogP contribution is -2.44. The molecule has 0 fully saturated rings. The summed E-state index contributed by atoms with van der Waals surface area (Å²) in [6, 6.07) is 62.6. The highest BCUT2D eigenvalue weighted by Gasteiger charge is 2.51. The molecule has 0 heterocycles. The quantitative estimate of drug-likeness (QED) is 0.120. The Bertz CT molecular complexity index is 3190. The van der Waals surface area contributed by atoms with Gasteiger partial charge in [-0.25, -0.2) is 0 Å². The third-order valence-corrected chi connectivity index (χ3v) is 14.5. The molecule has 2 unspecified atom stereocenters. The van der Waals surface area contributed by atoms with Crippen molar-refractivity contribution in [3.63, 3.8) is 0 Å². The van der Waals surface area contributed by atoms with E-state index < -0.39 is 11.2 Å². The lowest BCUT2D eigenvalue weighted by Gasteiger charge is -2.45. The molecule has 9 aromatic rings. The first kappa shape index (κ1) is 47.1. The Morgan fingerprint density at radius 3 is 1.22 bits per heavy atom. The smallest absolute Gasteiger partial charge is 0.142 e. The molecule has 2 N–H and O–H groups in total. The molecule has 0 amide bonds. The highest BCUT2D eigenvalue weighted by atomic mass is 35.5. The summed E-state index contributed by atoms with van der Waals surface area (Å²) >= 11 is 13.8. The van der Waals surface area contributed by atoms with Crippen LogP contribution in [-0.4, -0.2) is 10.2 Å². The first-order valence-electron chi connectivity index (χ1n) is 24.5. The summed E-state index contributed by atoms with van der Waals surface area (Å²) in [6.07, 6.45) is 8.64. The molecule has 0 radical (unpaired) electrons. The Balaban J connectivity index is 0.000000170. The Morgan fingerprint density at radius 2 is 0.721 bits per heavy atom. The first-order valence-corrected chi connectivity index (χ1v) is 25.3. The maximum Gasteiger partial charge on any atom is 0.142 e. The van der Waals surface area contributed by atoms with E-state index in [0.29, 0.717) is 27.3 Å². The van der Waals surface area contributed by atoms with Crippen molar-refractivity contribution in [3.05, 3.63) is 248 Å². The number of aryl methyl sites for hydroxylation is 4. The lowest BCUT2D eigenvalue weighted by molar-refractivity contribution is 0.0748. The van der Waals surface area contributed by atoms with Crippen molar-refractivity contribution in [1.29, 1.82) is 0 Å². The average molecular weight is 932 g/mol. The topological polar surface area (TPSA) is 40.5 Å². The number of fused-ring (bicyclic) bond motifs is 4. The van der Waals surface area contributed by atoms with Crippen LogP contribution in [0.2, 0.25) is 10.0 Å². The van der Waals surface area contributed by atoms with Crippen molar-refractivity contribution >= 4 is 44.7 Å². The fourth-order valence-corrected chi connectivity index (χ4v) is 11.2. The van der Waals surface area contributed by atoms with Crippen molar-refractivity contribution in [3.8, 4) is 22.3 Å². The van der Waals surface area contributed by atoms with E-state index in [1.165, 1.54) is 60.7 Å². The minimum Gasteiger partial charge on any atom is -0.376 e. The van der Waals surface area contributed by atoms with Crippen molar-refractivity contribution in [1.82, 2.24) is 0 Å². The van der Waals surface area contributed by atoms with Gasteiger partial charge in [0.2, 0.25) is 0 Å². The SMILES string of the molecule is CCCc1ccc(-c2c3ccccc3c(-c3ccc(CCC)cc3)c3c(Cl)cccc23)cc1.CCCc1ccc(C2(O)c3ccccc3C(O)(c3ccc(CCC)cc3)c3c(Cl)cccc32)cc1. The molecule has 0 aromatic heterocycles. The number of benzene rings is 9. The fourth-order valence-electron chi connectivity index (χ4n) is 10.7. The maximum absolute atomic E-state index is 12.5. The standard InChI is InChI=1S/C32H31ClO2.C32H29Cl/c1-3-8-22-14-18-24(19-15-22)31(34)26-10-5-6-11-27(26)32(35,30-28(31)12-7-13-29(30)33)25-20-16-23(9-4-2)17-21-25;1-3-8-22-14-18-24(19-15-22)30-26-10-5-6-11-27(26)31(32-28(30)12-7-13-29(32)33)25-20-16-23(9-4-2)17-21-25/h5-7,10-21,34-35H,3-4,8-9H2,1-2H3;5-7,10-21H,3-4,8-9H2,1-2H3. The summed E-state index contributed by atoms with van der Waals surface area (Å²) in [6.45, 7) is 8.77. The molecule has 1 aliphatic rings. The van der Waals surface area contributed by atoms with Crippen LogP contribution in [0, 0.1) is 0 Å². The van der Waals surface area contributed by atoms with Crippen molar-refractivity contribution in [2.45, 2.75) is 90.3 Å². The number of aliphatic hydroxyl groups is 2. The Kier molecular flexibility index (Phi) is 14.1. The zero-order valence-corrected chi connectivity index (χ0v) is 41.1. The molecule has 2 atom stereocenters. The lowest BCUT2D eigenvalue weighted by atomic mass is 9.63. The molecule has 0 aliphatic heterocycles. The Morgan fingerprint density at radius 1 is 0.353 bits per heavy atom. The second-order valence-corrected chi connectivity index (χ2v) is 19.2. The van der Waals surface area contributed by atoms with Gasteiger partial charge in [0.05, 0.1) is 0 Å². The summed E-state index contributed by atoms with van der Waals surface area (Å²) in [4.78, 5) is 0. The number of halogens is 2. The predicted molar refractivity (Wildman–Crippen MR) is 288 cm³/mol. The molecule has 10 rings (SSSR count). The molecule has 4 heteroatoms. The van der Waals surface area contributed by atoms with Crippen molar-refractivity contribution in [2.24, 2.45) is 0 Å².